The minimum atomic E-state index is 0.439. The highest BCUT2D eigenvalue weighted by Gasteiger charge is 2.06. The number of nitrogens with zero attached hydrogens (tertiary/aromatic N) is 4. The van der Waals surface area contributed by atoms with Gasteiger partial charge in [-0.3, -0.25) is 0 Å². The van der Waals surface area contributed by atoms with Crippen molar-refractivity contribution >= 4 is 11.6 Å². The van der Waals surface area contributed by atoms with Crippen LogP contribution < -0.4 is 5.32 Å². The van der Waals surface area contributed by atoms with Crippen LogP contribution in [0.5, 0.6) is 0 Å². The van der Waals surface area contributed by atoms with Crippen LogP contribution in [0.25, 0.3) is 5.95 Å². The molecule has 0 saturated carbocycles. The Morgan fingerprint density at radius 1 is 1.39 bits per heavy atom. The summed E-state index contributed by atoms with van der Waals surface area (Å²) in [5.41, 5.74) is 2.03. The van der Waals surface area contributed by atoms with Gasteiger partial charge in [-0.25, -0.2) is 14.6 Å². The van der Waals surface area contributed by atoms with Gasteiger partial charge in [-0.15, -0.1) is 0 Å². The summed E-state index contributed by atoms with van der Waals surface area (Å²) < 4.78 is 1.56. The van der Waals surface area contributed by atoms with Crippen LogP contribution in [-0.2, 0) is 6.54 Å². The number of nitrogens with one attached hydrogen (secondary N) is 1. The summed E-state index contributed by atoms with van der Waals surface area (Å²) in [5.74, 6) is 0.535. The molecule has 1 N–H and O–H groups in total. The minimum Gasteiger partial charge on any atom is -0.310 e. The summed E-state index contributed by atoms with van der Waals surface area (Å²) in [5, 5.41) is 7.99. The first-order valence-corrected chi connectivity index (χ1v) is 6.20. The first kappa shape index (κ1) is 13.0. The average molecular weight is 266 g/mol. The molecule has 96 valence electrons. The van der Waals surface area contributed by atoms with E-state index in [1.54, 1.807) is 17.1 Å². The molecule has 0 atom stereocenters. The Labute approximate surface area is 111 Å². The monoisotopic (exact) mass is 265 g/mol. The predicted molar refractivity (Wildman–Crippen MR) is 70.9 cm³/mol. The maximum Gasteiger partial charge on any atom is 0.250 e. The van der Waals surface area contributed by atoms with E-state index in [-0.39, 0.29) is 0 Å². The lowest BCUT2D eigenvalue weighted by molar-refractivity contribution is 0.584. The smallest absolute Gasteiger partial charge is 0.250 e. The topological polar surface area (TPSA) is 55.6 Å². The largest absolute Gasteiger partial charge is 0.310 e. The Hall–Kier alpha value is -1.46. The number of hydrogen-bond donors (Lipinski definition) is 1. The standard InChI is InChI=1S/C12H16ClN5/c1-8(2)14-4-10-5-15-12(17-9(10)3)18-7-11(13)6-16-18/h5-8,14H,4H2,1-3H3. The normalized spacial score (nSPS) is 11.2. The molecule has 0 fully saturated rings. The van der Waals surface area contributed by atoms with E-state index in [2.05, 4.69) is 34.2 Å². The summed E-state index contributed by atoms with van der Waals surface area (Å²) >= 11 is 5.82. The fourth-order valence-corrected chi connectivity index (χ4v) is 1.62. The number of rotatable bonds is 4. The van der Waals surface area contributed by atoms with Crippen molar-refractivity contribution in [2.24, 2.45) is 0 Å². The molecule has 6 heteroatoms. The molecule has 0 bridgehead atoms. The van der Waals surface area contributed by atoms with Crippen molar-refractivity contribution in [3.05, 3.63) is 34.9 Å². The quantitative estimate of drug-likeness (QED) is 0.920. The highest BCUT2D eigenvalue weighted by Crippen LogP contribution is 2.10. The maximum atomic E-state index is 5.82. The van der Waals surface area contributed by atoms with E-state index < -0.39 is 0 Å². The van der Waals surface area contributed by atoms with E-state index in [1.165, 1.54) is 0 Å². The van der Waals surface area contributed by atoms with Gasteiger partial charge in [-0.05, 0) is 6.92 Å². The molecule has 0 unspecified atom stereocenters. The highest BCUT2D eigenvalue weighted by molar-refractivity contribution is 6.30. The van der Waals surface area contributed by atoms with Gasteiger partial charge in [-0.2, -0.15) is 5.10 Å². The number of aryl methyl sites for hydroxylation is 1. The van der Waals surface area contributed by atoms with Crippen LogP contribution in [0.2, 0.25) is 5.02 Å². The highest BCUT2D eigenvalue weighted by atomic mass is 35.5. The molecule has 0 aliphatic carbocycles. The molecule has 0 radical (unpaired) electrons. The first-order chi connectivity index (χ1) is 8.56. The van der Waals surface area contributed by atoms with Gasteiger partial charge in [0.1, 0.15) is 0 Å². The van der Waals surface area contributed by atoms with Crippen molar-refractivity contribution in [1.82, 2.24) is 25.1 Å². The molecule has 0 aliphatic rings. The van der Waals surface area contributed by atoms with Crippen molar-refractivity contribution in [3.8, 4) is 5.95 Å². The van der Waals surface area contributed by atoms with Crippen molar-refractivity contribution in [2.45, 2.75) is 33.4 Å². The van der Waals surface area contributed by atoms with Crippen LogP contribution >= 0.6 is 11.6 Å². The van der Waals surface area contributed by atoms with Gasteiger partial charge in [0, 0.05) is 30.0 Å². The average Bonchev–Trinajstić information content (AvgIpc) is 2.74. The predicted octanol–water partition coefficient (Wildman–Crippen LogP) is 2.12. The molecular formula is C12H16ClN5. The molecule has 18 heavy (non-hydrogen) atoms. The Morgan fingerprint density at radius 2 is 2.17 bits per heavy atom. The Bertz CT molecular complexity index is 535. The third-order valence-electron chi connectivity index (χ3n) is 2.53. The molecule has 0 saturated heterocycles. The second kappa shape index (κ2) is 5.46. The molecule has 2 rings (SSSR count). The molecule has 0 spiro atoms. The number of aromatic nitrogens is 4. The second-order valence-corrected chi connectivity index (χ2v) is 4.86. The lowest BCUT2D eigenvalue weighted by Crippen LogP contribution is -2.22. The zero-order chi connectivity index (χ0) is 13.1. The van der Waals surface area contributed by atoms with E-state index >= 15 is 0 Å². The summed E-state index contributed by atoms with van der Waals surface area (Å²) in [6.07, 6.45) is 5.07. The van der Waals surface area contributed by atoms with Gasteiger partial charge < -0.3 is 5.32 Å². The zero-order valence-electron chi connectivity index (χ0n) is 10.7. The van der Waals surface area contributed by atoms with Gasteiger partial charge in [-0.1, -0.05) is 25.4 Å². The van der Waals surface area contributed by atoms with Crippen molar-refractivity contribution < 1.29 is 0 Å². The van der Waals surface area contributed by atoms with Crippen molar-refractivity contribution in [1.29, 1.82) is 0 Å². The molecule has 0 aromatic carbocycles. The fraction of sp³-hybridized carbons (Fsp3) is 0.417. The lowest BCUT2D eigenvalue weighted by Gasteiger charge is -2.10. The maximum absolute atomic E-state index is 5.82. The van der Waals surface area contributed by atoms with E-state index in [4.69, 9.17) is 11.6 Å². The third-order valence-corrected chi connectivity index (χ3v) is 2.72. The summed E-state index contributed by atoms with van der Waals surface area (Å²) in [6, 6.07) is 0.439. The zero-order valence-corrected chi connectivity index (χ0v) is 11.4. The summed E-state index contributed by atoms with van der Waals surface area (Å²) in [7, 11) is 0. The molecule has 0 aliphatic heterocycles. The van der Waals surface area contributed by atoms with Crippen LogP contribution in [0.4, 0.5) is 0 Å². The minimum absolute atomic E-state index is 0.439. The van der Waals surface area contributed by atoms with Crippen LogP contribution in [0, 0.1) is 6.92 Å². The van der Waals surface area contributed by atoms with Crippen LogP contribution in [0.15, 0.2) is 18.6 Å². The Balaban J connectivity index is 2.19. The number of hydrogen-bond acceptors (Lipinski definition) is 4. The van der Waals surface area contributed by atoms with E-state index in [0.717, 1.165) is 17.8 Å². The SMILES string of the molecule is Cc1nc(-n2cc(Cl)cn2)ncc1CNC(C)C. The van der Waals surface area contributed by atoms with Gasteiger partial charge in [0.2, 0.25) is 0 Å². The van der Waals surface area contributed by atoms with E-state index in [9.17, 15) is 0 Å². The Morgan fingerprint density at radius 3 is 2.72 bits per heavy atom. The van der Waals surface area contributed by atoms with E-state index in [1.807, 2.05) is 13.1 Å². The summed E-state index contributed by atoms with van der Waals surface area (Å²) in [4.78, 5) is 8.72. The molecule has 2 heterocycles. The molecular weight excluding hydrogens is 250 g/mol. The fourth-order valence-electron chi connectivity index (χ4n) is 1.49. The van der Waals surface area contributed by atoms with Gasteiger partial charge >= 0.3 is 0 Å². The first-order valence-electron chi connectivity index (χ1n) is 5.82. The molecule has 5 nitrogen and oxygen atoms in total. The van der Waals surface area contributed by atoms with Gasteiger partial charge in [0.05, 0.1) is 17.4 Å². The van der Waals surface area contributed by atoms with Crippen molar-refractivity contribution in [3.63, 3.8) is 0 Å². The molecule has 2 aromatic heterocycles. The lowest BCUT2D eigenvalue weighted by atomic mass is 10.2. The van der Waals surface area contributed by atoms with Crippen LogP contribution in [0.3, 0.4) is 0 Å². The third kappa shape index (κ3) is 3.05. The van der Waals surface area contributed by atoms with Crippen LogP contribution in [0.1, 0.15) is 25.1 Å². The molecule has 0 amide bonds. The van der Waals surface area contributed by atoms with Crippen molar-refractivity contribution in [2.75, 3.05) is 0 Å². The van der Waals surface area contributed by atoms with Crippen LogP contribution in [-0.4, -0.2) is 25.8 Å². The molecule has 2 aromatic rings. The summed E-state index contributed by atoms with van der Waals surface area (Å²) in [6.45, 7) is 6.95. The second-order valence-electron chi connectivity index (χ2n) is 4.42. The number of halogens is 1. The van der Waals surface area contributed by atoms with E-state index in [0.29, 0.717) is 17.0 Å². The van der Waals surface area contributed by atoms with Gasteiger partial charge in [0.25, 0.3) is 5.95 Å². The Kier molecular flexibility index (Phi) is 3.93. The van der Waals surface area contributed by atoms with Gasteiger partial charge in [0.15, 0.2) is 0 Å².